The summed E-state index contributed by atoms with van der Waals surface area (Å²) in [5, 5.41) is 0. The third kappa shape index (κ3) is 2.39. The number of nitrogens with zero attached hydrogens (tertiary/aromatic N) is 3. The number of piperidine rings is 1. The van der Waals surface area contributed by atoms with E-state index in [1.807, 2.05) is 11.0 Å². The molecule has 0 bridgehead atoms. The summed E-state index contributed by atoms with van der Waals surface area (Å²) in [6, 6.07) is 5.33. The molecule has 22 heavy (non-hydrogen) atoms. The van der Waals surface area contributed by atoms with Gasteiger partial charge in [0.1, 0.15) is 12.4 Å². The SMILES string of the molecule is O=C(c1ccco1)N1CC[C@@H]2C[C@@H](c3ccncn3)O[C@H]2C1. The van der Waals surface area contributed by atoms with Crippen LogP contribution < -0.4 is 0 Å². The molecular weight excluding hydrogens is 282 g/mol. The lowest BCUT2D eigenvalue weighted by Crippen LogP contribution is -2.45. The molecule has 0 saturated carbocycles. The van der Waals surface area contributed by atoms with E-state index in [4.69, 9.17) is 9.15 Å². The van der Waals surface area contributed by atoms with E-state index in [0.29, 0.717) is 18.2 Å². The molecule has 0 radical (unpaired) electrons. The van der Waals surface area contributed by atoms with Crippen molar-refractivity contribution in [2.75, 3.05) is 13.1 Å². The van der Waals surface area contributed by atoms with Crippen LogP contribution in [-0.4, -0.2) is 40.0 Å². The largest absolute Gasteiger partial charge is 0.459 e. The zero-order valence-electron chi connectivity index (χ0n) is 12.1. The number of hydrogen-bond donors (Lipinski definition) is 0. The summed E-state index contributed by atoms with van der Waals surface area (Å²) in [7, 11) is 0. The van der Waals surface area contributed by atoms with Gasteiger partial charge in [0, 0.05) is 19.3 Å². The quantitative estimate of drug-likeness (QED) is 0.849. The number of carbonyl (C=O) groups excluding carboxylic acids is 1. The van der Waals surface area contributed by atoms with E-state index in [9.17, 15) is 4.79 Å². The van der Waals surface area contributed by atoms with Gasteiger partial charge in [0.2, 0.25) is 0 Å². The van der Waals surface area contributed by atoms with Gasteiger partial charge in [-0.15, -0.1) is 0 Å². The molecule has 0 aliphatic carbocycles. The van der Waals surface area contributed by atoms with Crippen LogP contribution in [0.5, 0.6) is 0 Å². The number of ether oxygens (including phenoxy) is 1. The highest BCUT2D eigenvalue weighted by Crippen LogP contribution is 2.40. The van der Waals surface area contributed by atoms with Gasteiger partial charge in [0.05, 0.1) is 18.1 Å². The Morgan fingerprint density at radius 2 is 2.32 bits per heavy atom. The minimum Gasteiger partial charge on any atom is -0.459 e. The monoisotopic (exact) mass is 299 g/mol. The third-order valence-electron chi connectivity index (χ3n) is 4.51. The number of furan rings is 1. The molecule has 4 heterocycles. The zero-order valence-corrected chi connectivity index (χ0v) is 12.1. The fourth-order valence-electron chi connectivity index (χ4n) is 3.35. The van der Waals surface area contributed by atoms with Crippen LogP contribution in [0.15, 0.2) is 41.4 Å². The van der Waals surface area contributed by atoms with E-state index in [1.165, 1.54) is 6.26 Å². The van der Waals surface area contributed by atoms with E-state index in [-0.39, 0.29) is 18.1 Å². The second-order valence-corrected chi connectivity index (χ2v) is 5.81. The normalized spacial score (nSPS) is 27.6. The number of fused-ring (bicyclic) bond motifs is 1. The van der Waals surface area contributed by atoms with E-state index in [0.717, 1.165) is 25.1 Å². The molecule has 2 saturated heterocycles. The van der Waals surface area contributed by atoms with Crippen LogP contribution in [0.3, 0.4) is 0 Å². The molecule has 6 nitrogen and oxygen atoms in total. The Bertz CT molecular complexity index is 644. The van der Waals surface area contributed by atoms with Gasteiger partial charge in [-0.05, 0) is 37.0 Å². The highest BCUT2D eigenvalue weighted by atomic mass is 16.5. The summed E-state index contributed by atoms with van der Waals surface area (Å²) < 4.78 is 11.3. The van der Waals surface area contributed by atoms with Gasteiger partial charge in [0.15, 0.2) is 5.76 Å². The van der Waals surface area contributed by atoms with Crippen LogP contribution in [-0.2, 0) is 4.74 Å². The first-order chi connectivity index (χ1) is 10.8. The van der Waals surface area contributed by atoms with Crippen molar-refractivity contribution in [3.05, 3.63) is 48.4 Å². The second kappa shape index (κ2) is 5.53. The van der Waals surface area contributed by atoms with Crippen LogP contribution in [0.25, 0.3) is 0 Å². The van der Waals surface area contributed by atoms with E-state index in [2.05, 4.69) is 9.97 Å². The maximum Gasteiger partial charge on any atom is 0.289 e. The Labute approximate surface area is 128 Å². The maximum atomic E-state index is 12.4. The Balaban J connectivity index is 1.45. The summed E-state index contributed by atoms with van der Waals surface area (Å²) in [4.78, 5) is 22.4. The van der Waals surface area contributed by atoms with Gasteiger partial charge in [-0.1, -0.05) is 0 Å². The molecule has 2 aromatic rings. The molecule has 0 aromatic carbocycles. The topological polar surface area (TPSA) is 68.5 Å². The minimum absolute atomic E-state index is 0.0108. The summed E-state index contributed by atoms with van der Waals surface area (Å²) in [6.45, 7) is 1.37. The number of carbonyl (C=O) groups is 1. The molecular formula is C16H17N3O3. The van der Waals surface area contributed by atoms with Crippen LogP contribution >= 0.6 is 0 Å². The summed E-state index contributed by atoms with van der Waals surface area (Å²) >= 11 is 0. The first kappa shape index (κ1) is 13.5. The van der Waals surface area contributed by atoms with Crippen molar-refractivity contribution in [1.82, 2.24) is 14.9 Å². The Hall–Kier alpha value is -2.21. The smallest absolute Gasteiger partial charge is 0.289 e. The lowest BCUT2D eigenvalue weighted by molar-refractivity contribution is -0.00644. The molecule has 0 unspecified atom stereocenters. The fraction of sp³-hybridized carbons (Fsp3) is 0.438. The van der Waals surface area contributed by atoms with Crippen molar-refractivity contribution in [1.29, 1.82) is 0 Å². The molecule has 0 N–H and O–H groups in total. The number of aromatic nitrogens is 2. The number of rotatable bonds is 2. The third-order valence-corrected chi connectivity index (χ3v) is 4.51. The van der Waals surface area contributed by atoms with Crippen LogP contribution in [0.1, 0.15) is 35.2 Å². The van der Waals surface area contributed by atoms with Crippen molar-refractivity contribution in [2.24, 2.45) is 5.92 Å². The predicted octanol–water partition coefficient (Wildman–Crippen LogP) is 2.06. The first-order valence-electron chi connectivity index (χ1n) is 7.55. The maximum absolute atomic E-state index is 12.4. The van der Waals surface area contributed by atoms with Crippen LogP contribution in [0.2, 0.25) is 0 Å². The Morgan fingerprint density at radius 3 is 3.09 bits per heavy atom. The predicted molar refractivity (Wildman–Crippen MR) is 77.0 cm³/mol. The standard InChI is InChI=1S/C16H17N3O3/c20-16(13-2-1-7-21-13)19-6-4-11-8-14(22-15(11)9-19)12-3-5-17-10-18-12/h1-3,5,7,10-11,14-15H,4,6,8-9H2/t11-,14+,15+/m1/s1. The van der Waals surface area contributed by atoms with Gasteiger partial charge in [-0.2, -0.15) is 0 Å². The number of hydrogen-bond acceptors (Lipinski definition) is 5. The zero-order chi connectivity index (χ0) is 14.9. The highest BCUT2D eigenvalue weighted by Gasteiger charge is 2.41. The van der Waals surface area contributed by atoms with E-state index in [1.54, 1.807) is 24.7 Å². The van der Waals surface area contributed by atoms with Crippen molar-refractivity contribution < 1.29 is 13.9 Å². The molecule has 3 atom stereocenters. The molecule has 2 aromatic heterocycles. The van der Waals surface area contributed by atoms with Gasteiger partial charge < -0.3 is 14.1 Å². The second-order valence-electron chi connectivity index (χ2n) is 5.81. The van der Waals surface area contributed by atoms with Crippen molar-refractivity contribution in [3.63, 3.8) is 0 Å². The molecule has 0 spiro atoms. The Morgan fingerprint density at radius 1 is 1.36 bits per heavy atom. The number of likely N-dealkylation sites (tertiary alicyclic amines) is 1. The minimum atomic E-state index is -0.0578. The summed E-state index contributed by atoms with van der Waals surface area (Å²) in [5.74, 6) is 0.821. The molecule has 114 valence electrons. The van der Waals surface area contributed by atoms with Crippen molar-refractivity contribution >= 4 is 5.91 Å². The van der Waals surface area contributed by atoms with Crippen molar-refractivity contribution in [2.45, 2.75) is 25.0 Å². The molecule has 4 rings (SSSR count). The average molecular weight is 299 g/mol. The van der Waals surface area contributed by atoms with E-state index >= 15 is 0 Å². The van der Waals surface area contributed by atoms with Crippen molar-refractivity contribution in [3.8, 4) is 0 Å². The lowest BCUT2D eigenvalue weighted by Gasteiger charge is -2.33. The molecule has 2 aliphatic rings. The van der Waals surface area contributed by atoms with E-state index < -0.39 is 0 Å². The van der Waals surface area contributed by atoms with Gasteiger partial charge in [-0.25, -0.2) is 9.97 Å². The summed E-state index contributed by atoms with van der Waals surface area (Å²) in [6.07, 6.45) is 6.82. The average Bonchev–Trinajstić information content (AvgIpc) is 3.23. The summed E-state index contributed by atoms with van der Waals surface area (Å²) in [5.41, 5.74) is 0.924. The molecule has 6 heteroatoms. The Kier molecular flexibility index (Phi) is 3.38. The van der Waals surface area contributed by atoms with Gasteiger partial charge in [-0.3, -0.25) is 4.79 Å². The molecule has 1 amide bonds. The van der Waals surface area contributed by atoms with Crippen LogP contribution in [0, 0.1) is 5.92 Å². The van der Waals surface area contributed by atoms with Crippen LogP contribution in [0.4, 0.5) is 0 Å². The molecule has 2 aliphatic heterocycles. The number of amides is 1. The van der Waals surface area contributed by atoms with Gasteiger partial charge in [0.25, 0.3) is 5.91 Å². The highest BCUT2D eigenvalue weighted by molar-refractivity contribution is 5.91. The first-order valence-corrected chi connectivity index (χ1v) is 7.55. The lowest BCUT2D eigenvalue weighted by atomic mass is 9.91. The molecule has 2 fully saturated rings. The van der Waals surface area contributed by atoms with Gasteiger partial charge >= 0.3 is 0 Å². The fourth-order valence-corrected chi connectivity index (χ4v) is 3.35.